The van der Waals surface area contributed by atoms with Crippen LogP contribution in [0.15, 0.2) is 17.5 Å². The first kappa shape index (κ1) is 18.0. The first-order valence-corrected chi connectivity index (χ1v) is 10.9. The van der Waals surface area contributed by atoms with Gasteiger partial charge in [0.25, 0.3) is 5.91 Å². The van der Waals surface area contributed by atoms with Gasteiger partial charge >= 0.3 is 0 Å². The Balaban J connectivity index is 1.36. The Labute approximate surface area is 159 Å². The molecule has 0 bridgehead atoms. The molecule has 0 spiro atoms. The van der Waals surface area contributed by atoms with Gasteiger partial charge in [0.15, 0.2) is 0 Å². The van der Waals surface area contributed by atoms with E-state index in [1.165, 1.54) is 37.0 Å². The van der Waals surface area contributed by atoms with Gasteiger partial charge in [-0.3, -0.25) is 14.5 Å². The minimum atomic E-state index is -0.00441. The van der Waals surface area contributed by atoms with Crippen molar-refractivity contribution in [1.82, 2.24) is 15.1 Å². The van der Waals surface area contributed by atoms with Crippen LogP contribution in [0.5, 0.6) is 0 Å². The number of carbonyl (C=O) groups excluding carboxylic acids is 2. The zero-order chi connectivity index (χ0) is 17.9. The molecule has 1 aliphatic heterocycles. The fourth-order valence-corrected chi connectivity index (χ4v) is 5.07. The van der Waals surface area contributed by atoms with Crippen LogP contribution >= 0.6 is 11.3 Å². The molecule has 2 heterocycles. The molecule has 0 radical (unpaired) electrons. The van der Waals surface area contributed by atoms with E-state index in [4.69, 9.17) is 0 Å². The number of carbonyl (C=O) groups is 2. The number of piperazine rings is 1. The van der Waals surface area contributed by atoms with Gasteiger partial charge in [0.2, 0.25) is 5.91 Å². The molecule has 26 heavy (non-hydrogen) atoms. The summed E-state index contributed by atoms with van der Waals surface area (Å²) in [6, 6.07) is 3.82. The van der Waals surface area contributed by atoms with Crippen LogP contribution < -0.4 is 5.32 Å². The highest BCUT2D eigenvalue weighted by atomic mass is 32.1. The van der Waals surface area contributed by atoms with Crippen molar-refractivity contribution in [3.05, 3.63) is 22.4 Å². The standard InChI is InChI=1S/C20H29N3O2S/c24-19(21-14-15-7-8-15)18(16-4-1-2-5-16)22-9-11-23(12-10-22)20(25)17-6-3-13-26-17/h3,6,13,15-16,18H,1-2,4-5,7-12,14H2,(H,21,24). The summed E-state index contributed by atoms with van der Waals surface area (Å²) in [5, 5.41) is 5.16. The molecular formula is C20H29N3O2S. The van der Waals surface area contributed by atoms with Crippen LogP contribution in [0.2, 0.25) is 0 Å². The summed E-state index contributed by atoms with van der Waals surface area (Å²) in [7, 11) is 0. The molecule has 4 rings (SSSR count). The van der Waals surface area contributed by atoms with Gasteiger partial charge in [-0.2, -0.15) is 0 Å². The molecule has 5 nitrogen and oxygen atoms in total. The number of rotatable bonds is 6. The quantitative estimate of drug-likeness (QED) is 0.831. The van der Waals surface area contributed by atoms with Gasteiger partial charge in [-0.15, -0.1) is 11.3 Å². The second-order valence-electron chi connectivity index (χ2n) is 7.98. The Morgan fingerprint density at radius 3 is 2.46 bits per heavy atom. The van der Waals surface area contributed by atoms with Crippen molar-refractivity contribution < 1.29 is 9.59 Å². The molecule has 1 N–H and O–H groups in total. The van der Waals surface area contributed by atoms with E-state index in [9.17, 15) is 9.59 Å². The lowest BCUT2D eigenvalue weighted by Gasteiger charge is -2.40. The Morgan fingerprint density at radius 1 is 1.12 bits per heavy atom. The van der Waals surface area contributed by atoms with Gasteiger partial charge in [-0.1, -0.05) is 18.9 Å². The molecule has 3 aliphatic rings. The van der Waals surface area contributed by atoms with E-state index in [0.29, 0.717) is 11.8 Å². The van der Waals surface area contributed by atoms with Gasteiger partial charge in [-0.25, -0.2) is 0 Å². The predicted octanol–water partition coefficient (Wildman–Crippen LogP) is 2.59. The summed E-state index contributed by atoms with van der Waals surface area (Å²) in [6.07, 6.45) is 7.34. The third-order valence-electron chi connectivity index (χ3n) is 6.10. The molecular weight excluding hydrogens is 346 g/mol. The van der Waals surface area contributed by atoms with Crippen LogP contribution in [-0.4, -0.2) is 60.4 Å². The van der Waals surface area contributed by atoms with Crippen molar-refractivity contribution in [2.45, 2.75) is 44.6 Å². The van der Waals surface area contributed by atoms with E-state index in [0.717, 1.165) is 50.4 Å². The summed E-state index contributed by atoms with van der Waals surface area (Å²) in [5.41, 5.74) is 0. The first-order chi connectivity index (χ1) is 12.7. The number of hydrogen-bond acceptors (Lipinski definition) is 4. The van der Waals surface area contributed by atoms with Gasteiger partial charge in [0.05, 0.1) is 10.9 Å². The Hall–Kier alpha value is -1.40. The van der Waals surface area contributed by atoms with Crippen molar-refractivity contribution in [3.8, 4) is 0 Å². The highest BCUT2D eigenvalue weighted by Gasteiger charge is 2.37. The fraction of sp³-hybridized carbons (Fsp3) is 0.700. The van der Waals surface area contributed by atoms with Crippen LogP contribution in [-0.2, 0) is 4.79 Å². The molecule has 1 aromatic rings. The Kier molecular flexibility index (Phi) is 5.60. The normalized spacial score (nSPS) is 23.2. The summed E-state index contributed by atoms with van der Waals surface area (Å²) in [5.74, 6) is 1.55. The summed E-state index contributed by atoms with van der Waals surface area (Å²) in [4.78, 5) is 30.6. The molecule has 3 fully saturated rings. The molecule has 2 aliphatic carbocycles. The fourth-order valence-electron chi connectivity index (χ4n) is 4.38. The van der Waals surface area contributed by atoms with Gasteiger partial charge in [0.1, 0.15) is 0 Å². The van der Waals surface area contributed by atoms with Crippen molar-refractivity contribution in [1.29, 1.82) is 0 Å². The summed E-state index contributed by atoms with van der Waals surface area (Å²) >= 11 is 1.50. The zero-order valence-corrected chi connectivity index (χ0v) is 16.2. The predicted molar refractivity (Wildman–Crippen MR) is 103 cm³/mol. The molecule has 1 aromatic heterocycles. The second-order valence-corrected chi connectivity index (χ2v) is 8.93. The lowest BCUT2D eigenvalue weighted by atomic mass is 9.95. The first-order valence-electron chi connectivity index (χ1n) is 10.1. The largest absolute Gasteiger partial charge is 0.354 e. The van der Waals surface area contributed by atoms with Crippen molar-refractivity contribution in [3.63, 3.8) is 0 Å². The van der Waals surface area contributed by atoms with Crippen LogP contribution in [0.25, 0.3) is 0 Å². The van der Waals surface area contributed by atoms with Crippen molar-refractivity contribution >= 4 is 23.2 Å². The number of nitrogens with zero attached hydrogens (tertiary/aromatic N) is 2. The number of thiophene rings is 1. The average Bonchev–Trinajstić information content (AvgIpc) is 3.11. The Bertz CT molecular complexity index is 615. The highest BCUT2D eigenvalue weighted by molar-refractivity contribution is 7.12. The molecule has 0 aromatic carbocycles. The second kappa shape index (κ2) is 8.09. The molecule has 2 amide bonds. The third kappa shape index (κ3) is 4.12. The summed E-state index contributed by atoms with van der Waals surface area (Å²) in [6.45, 7) is 3.88. The van der Waals surface area contributed by atoms with Gasteiger partial charge in [-0.05, 0) is 49.0 Å². The van der Waals surface area contributed by atoms with E-state index < -0.39 is 0 Å². The molecule has 1 saturated heterocycles. The van der Waals surface area contributed by atoms with Crippen molar-refractivity contribution in [2.24, 2.45) is 11.8 Å². The monoisotopic (exact) mass is 375 g/mol. The average molecular weight is 376 g/mol. The van der Waals surface area contributed by atoms with Crippen molar-refractivity contribution in [2.75, 3.05) is 32.7 Å². The molecule has 2 saturated carbocycles. The third-order valence-corrected chi connectivity index (χ3v) is 6.96. The Morgan fingerprint density at radius 2 is 1.85 bits per heavy atom. The molecule has 1 unspecified atom stereocenters. The van der Waals surface area contributed by atoms with Crippen LogP contribution in [0.1, 0.15) is 48.2 Å². The van der Waals surface area contributed by atoms with E-state index in [1.807, 2.05) is 22.4 Å². The topological polar surface area (TPSA) is 52.7 Å². The lowest BCUT2D eigenvalue weighted by Crippen LogP contribution is -2.58. The van der Waals surface area contributed by atoms with Crippen LogP contribution in [0.4, 0.5) is 0 Å². The van der Waals surface area contributed by atoms with E-state index in [2.05, 4.69) is 10.2 Å². The highest BCUT2D eigenvalue weighted by Crippen LogP contribution is 2.32. The zero-order valence-electron chi connectivity index (χ0n) is 15.4. The number of hydrogen-bond donors (Lipinski definition) is 1. The van der Waals surface area contributed by atoms with Crippen LogP contribution in [0, 0.1) is 11.8 Å². The minimum Gasteiger partial charge on any atom is -0.354 e. The molecule has 6 heteroatoms. The van der Waals surface area contributed by atoms with E-state index in [1.54, 1.807) is 0 Å². The molecule has 142 valence electrons. The number of amides is 2. The SMILES string of the molecule is O=C(NCC1CC1)C(C1CCCC1)N1CCN(C(=O)c2cccs2)CC1. The lowest BCUT2D eigenvalue weighted by molar-refractivity contribution is -0.129. The van der Waals surface area contributed by atoms with Crippen LogP contribution in [0.3, 0.4) is 0 Å². The molecule has 1 atom stereocenters. The smallest absolute Gasteiger partial charge is 0.264 e. The van der Waals surface area contributed by atoms with E-state index in [-0.39, 0.29) is 17.9 Å². The maximum atomic E-state index is 12.9. The number of nitrogens with one attached hydrogen (secondary N) is 1. The van der Waals surface area contributed by atoms with E-state index >= 15 is 0 Å². The summed E-state index contributed by atoms with van der Waals surface area (Å²) < 4.78 is 0. The maximum Gasteiger partial charge on any atom is 0.264 e. The minimum absolute atomic E-state index is 0.00441. The van der Waals surface area contributed by atoms with Gasteiger partial charge < -0.3 is 10.2 Å². The van der Waals surface area contributed by atoms with Gasteiger partial charge in [0, 0.05) is 32.7 Å². The maximum absolute atomic E-state index is 12.9.